The van der Waals surface area contributed by atoms with Crippen molar-refractivity contribution >= 4 is 0 Å². The normalized spacial score (nSPS) is 29.9. The van der Waals surface area contributed by atoms with Gasteiger partial charge in [0.1, 0.15) is 5.82 Å². The lowest BCUT2D eigenvalue weighted by Gasteiger charge is -2.37. The van der Waals surface area contributed by atoms with Crippen LogP contribution in [0, 0.1) is 6.92 Å². The summed E-state index contributed by atoms with van der Waals surface area (Å²) in [6, 6.07) is 4.28. The van der Waals surface area contributed by atoms with Crippen molar-refractivity contribution in [3.63, 3.8) is 0 Å². The second kappa shape index (κ2) is 5.55. The van der Waals surface area contributed by atoms with Crippen molar-refractivity contribution < 1.29 is 0 Å². The van der Waals surface area contributed by atoms with Gasteiger partial charge in [-0.1, -0.05) is 6.92 Å². The van der Waals surface area contributed by atoms with Crippen LogP contribution in [0.4, 0.5) is 0 Å². The summed E-state index contributed by atoms with van der Waals surface area (Å²) in [7, 11) is 0. The van der Waals surface area contributed by atoms with Crippen LogP contribution in [0.5, 0.6) is 0 Å². The molecule has 1 aromatic rings. The van der Waals surface area contributed by atoms with E-state index in [4.69, 9.17) is 0 Å². The maximum Gasteiger partial charge on any atom is 0.125 e. The molecule has 2 atom stereocenters. The number of nitrogens with zero attached hydrogens (tertiary/aromatic N) is 3. The lowest BCUT2D eigenvalue weighted by atomic mass is 9.98. The summed E-state index contributed by atoms with van der Waals surface area (Å²) in [6.07, 6.45) is 7.21. The van der Waals surface area contributed by atoms with Crippen molar-refractivity contribution in [2.75, 3.05) is 6.54 Å². The molecule has 3 heterocycles. The number of hydrogen-bond acceptors (Lipinski definition) is 4. The molecule has 0 aromatic carbocycles. The number of hydrogen-bond donors (Lipinski definition) is 1. The van der Waals surface area contributed by atoms with Gasteiger partial charge >= 0.3 is 0 Å². The first-order chi connectivity index (χ1) is 9.24. The lowest BCUT2D eigenvalue weighted by molar-refractivity contribution is 0.139. The predicted molar refractivity (Wildman–Crippen MR) is 75.8 cm³/mol. The molecule has 2 unspecified atom stereocenters. The van der Waals surface area contributed by atoms with E-state index in [0.717, 1.165) is 42.7 Å². The van der Waals surface area contributed by atoms with Crippen LogP contribution in [0.15, 0.2) is 12.3 Å². The van der Waals surface area contributed by atoms with Gasteiger partial charge in [0.05, 0.1) is 5.69 Å². The smallest absolute Gasteiger partial charge is 0.125 e. The highest BCUT2D eigenvalue weighted by Gasteiger charge is 2.35. The predicted octanol–water partition coefficient (Wildman–Crippen LogP) is 1.89. The lowest BCUT2D eigenvalue weighted by Crippen LogP contribution is -2.48. The third-order valence-electron chi connectivity index (χ3n) is 4.57. The molecular formula is C15H24N4. The minimum Gasteiger partial charge on any atom is -0.311 e. The summed E-state index contributed by atoms with van der Waals surface area (Å²) >= 11 is 0. The van der Waals surface area contributed by atoms with Gasteiger partial charge in [-0.15, -0.1) is 0 Å². The molecule has 3 rings (SSSR count). The average Bonchev–Trinajstić information content (AvgIpc) is 2.75. The van der Waals surface area contributed by atoms with Crippen molar-refractivity contribution in [1.29, 1.82) is 0 Å². The molecule has 0 aliphatic carbocycles. The molecule has 2 bridgehead atoms. The largest absolute Gasteiger partial charge is 0.311 e. The fourth-order valence-corrected chi connectivity index (χ4v) is 3.63. The van der Waals surface area contributed by atoms with E-state index in [1.807, 2.05) is 19.2 Å². The van der Waals surface area contributed by atoms with Crippen molar-refractivity contribution in [1.82, 2.24) is 20.2 Å². The quantitative estimate of drug-likeness (QED) is 0.897. The van der Waals surface area contributed by atoms with E-state index < -0.39 is 0 Å². The number of nitrogens with one attached hydrogen (secondary N) is 1. The molecule has 1 aromatic heterocycles. The van der Waals surface area contributed by atoms with E-state index in [-0.39, 0.29) is 0 Å². The van der Waals surface area contributed by atoms with Gasteiger partial charge in [-0.25, -0.2) is 9.97 Å². The Kier molecular flexibility index (Phi) is 3.80. The van der Waals surface area contributed by atoms with E-state index >= 15 is 0 Å². The van der Waals surface area contributed by atoms with Crippen molar-refractivity contribution in [3.8, 4) is 0 Å². The Balaban J connectivity index is 1.67. The molecule has 4 nitrogen and oxygen atoms in total. The zero-order valence-electron chi connectivity index (χ0n) is 12.0. The van der Waals surface area contributed by atoms with Crippen molar-refractivity contribution in [2.45, 2.75) is 64.2 Å². The summed E-state index contributed by atoms with van der Waals surface area (Å²) < 4.78 is 0. The van der Waals surface area contributed by atoms with E-state index in [1.54, 1.807) is 0 Å². The van der Waals surface area contributed by atoms with Gasteiger partial charge < -0.3 is 5.32 Å². The van der Waals surface area contributed by atoms with E-state index in [1.165, 1.54) is 25.7 Å². The van der Waals surface area contributed by atoms with E-state index in [2.05, 4.69) is 27.1 Å². The Labute approximate surface area is 115 Å². The van der Waals surface area contributed by atoms with Crippen molar-refractivity contribution in [2.24, 2.45) is 0 Å². The SMILES string of the molecule is CCN(Cc1ccnc(C)n1)C1CC2CCC(C1)N2. The van der Waals surface area contributed by atoms with Gasteiger partial charge in [0.15, 0.2) is 0 Å². The average molecular weight is 260 g/mol. The minimum atomic E-state index is 0.721. The summed E-state index contributed by atoms with van der Waals surface area (Å²) in [5.41, 5.74) is 1.15. The van der Waals surface area contributed by atoms with Gasteiger partial charge in [0.25, 0.3) is 0 Å². The molecular weight excluding hydrogens is 236 g/mol. The maximum atomic E-state index is 4.54. The van der Waals surface area contributed by atoms with Crippen LogP contribution in [0.3, 0.4) is 0 Å². The second-order valence-corrected chi connectivity index (χ2v) is 5.92. The second-order valence-electron chi connectivity index (χ2n) is 5.92. The minimum absolute atomic E-state index is 0.721. The number of rotatable bonds is 4. The third-order valence-corrected chi connectivity index (χ3v) is 4.57. The molecule has 0 amide bonds. The number of aryl methyl sites for hydroxylation is 1. The van der Waals surface area contributed by atoms with Crippen LogP contribution >= 0.6 is 0 Å². The van der Waals surface area contributed by atoms with Crippen LogP contribution in [0.25, 0.3) is 0 Å². The Morgan fingerprint density at radius 3 is 2.68 bits per heavy atom. The van der Waals surface area contributed by atoms with Crippen LogP contribution in [0.2, 0.25) is 0 Å². The maximum absolute atomic E-state index is 4.54. The van der Waals surface area contributed by atoms with Gasteiger partial charge in [-0.2, -0.15) is 0 Å². The highest BCUT2D eigenvalue weighted by molar-refractivity contribution is 5.03. The molecule has 4 heteroatoms. The molecule has 0 saturated carbocycles. The molecule has 2 saturated heterocycles. The molecule has 2 aliphatic heterocycles. The Bertz CT molecular complexity index is 422. The molecule has 19 heavy (non-hydrogen) atoms. The van der Waals surface area contributed by atoms with Gasteiger partial charge in [-0.05, 0) is 45.2 Å². The fraction of sp³-hybridized carbons (Fsp3) is 0.733. The zero-order chi connectivity index (χ0) is 13.2. The Morgan fingerprint density at radius 2 is 2.05 bits per heavy atom. The number of aromatic nitrogens is 2. The Morgan fingerprint density at radius 1 is 1.32 bits per heavy atom. The van der Waals surface area contributed by atoms with Gasteiger partial charge in [0.2, 0.25) is 0 Å². The highest BCUT2D eigenvalue weighted by Crippen LogP contribution is 2.30. The first-order valence-electron chi connectivity index (χ1n) is 7.53. The molecule has 0 spiro atoms. The molecule has 0 radical (unpaired) electrons. The monoisotopic (exact) mass is 260 g/mol. The van der Waals surface area contributed by atoms with Crippen LogP contribution in [-0.2, 0) is 6.54 Å². The molecule has 1 N–H and O–H groups in total. The van der Waals surface area contributed by atoms with Crippen LogP contribution in [0.1, 0.15) is 44.1 Å². The topological polar surface area (TPSA) is 41.1 Å². The molecule has 2 fully saturated rings. The number of fused-ring (bicyclic) bond motifs is 2. The first-order valence-corrected chi connectivity index (χ1v) is 7.53. The van der Waals surface area contributed by atoms with Crippen LogP contribution in [-0.4, -0.2) is 39.5 Å². The number of piperidine rings is 1. The summed E-state index contributed by atoms with van der Waals surface area (Å²) in [6.45, 7) is 6.29. The molecule has 104 valence electrons. The summed E-state index contributed by atoms with van der Waals surface area (Å²) in [5, 5.41) is 3.72. The summed E-state index contributed by atoms with van der Waals surface area (Å²) in [4.78, 5) is 11.3. The standard InChI is InChI=1S/C15H24N4/c1-3-19(10-14-6-7-16-11(2)17-14)15-8-12-4-5-13(9-15)18-12/h6-7,12-13,15,18H,3-5,8-10H2,1-2H3. The molecule has 2 aliphatic rings. The van der Waals surface area contributed by atoms with Gasteiger partial charge in [0, 0.05) is 30.9 Å². The van der Waals surface area contributed by atoms with Crippen molar-refractivity contribution in [3.05, 3.63) is 23.8 Å². The third kappa shape index (κ3) is 2.95. The Hall–Kier alpha value is -1.00. The summed E-state index contributed by atoms with van der Waals surface area (Å²) in [5.74, 6) is 0.874. The van der Waals surface area contributed by atoms with Crippen LogP contribution < -0.4 is 5.32 Å². The first kappa shape index (κ1) is 13.0. The zero-order valence-corrected chi connectivity index (χ0v) is 12.0. The fourth-order valence-electron chi connectivity index (χ4n) is 3.63. The van der Waals surface area contributed by atoms with Gasteiger partial charge in [-0.3, -0.25) is 4.90 Å². The highest BCUT2D eigenvalue weighted by atomic mass is 15.2. The van der Waals surface area contributed by atoms with E-state index in [9.17, 15) is 0 Å². The van der Waals surface area contributed by atoms with E-state index in [0.29, 0.717) is 0 Å².